The Hall–Kier alpha value is -1.17. The standard InChI is InChI=1S/C12H24BNO4.C8H16BNO4.CH4/c1-12(2,3)18-11(15)10-8-9(5-7-14-10)4-6-13(16)17;11-8(12)7-5-6(2-4-10-7)1-3-9(13)14;/h9-10,14,16-17H,4-8H2,1-3H3;6-7,10,13-14H,1-5H2,(H,11,12);1H4. The van der Waals surface area contributed by atoms with Gasteiger partial charge in [0.25, 0.3) is 0 Å². The van der Waals surface area contributed by atoms with E-state index in [2.05, 4.69) is 10.6 Å². The van der Waals surface area contributed by atoms with Crippen LogP contribution in [0.2, 0.25) is 12.6 Å². The molecule has 7 N–H and O–H groups in total. The maximum atomic E-state index is 11.9. The Balaban J connectivity index is 0.000000620. The number of nitrogens with one attached hydrogen (secondary N) is 2. The molecule has 0 aromatic carbocycles. The SMILES string of the molecule is C.CC(C)(C)OC(=O)C1CC(CCB(O)O)CCN1.O=C(O)C1CC(CCB(O)O)CCN1. The van der Waals surface area contributed by atoms with Crippen molar-refractivity contribution < 1.29 is 39.5 Å². The van der Waals surface area contributed by atoms with Crippen LogP contribution >= 0.6 is 0 Å². The number of aliphatic carboxylic acids is 1. The van der Waals surface area contributed by atoms with Crippen molar-refractivity contribution in [2.75, 3.05) is 13.1 Å². The summed E-state index contributed by atoms with van der Waals surface area (Å²) in [6.45, 7) is 7.03. The molecule has 0 aliphatic carbocycles. The molecular formula is C21H44B2N2O8. The van der Waals surface area contributed by atoms with E-state index < -0.39 is 31.8 Å². The van der Waals surface area contributed by atoms with Crippen molar-refractivity contribution in [2.24, 2.45) is 11.8 Å². The number of hydrogen-bond acceptors (Lipinski definition) is 9. The Morgan fingerprint density at radius 1 is 0.879 bits per heavy atom. The molecule has 33 heavy (non-hydrogen) atoms. The largest absolute Gasteiger partial charge is 0.480 e. The van der Waals surface area contributed by atoms with Gasteiger partial charge in [0.05, 0.1) is 0 Å². The van der Waals surface area contributed by atoms with Gasteiger partial charge in [-0.2, -0.15) is 0 Å². The molecule has 0 radical (unpaired) electrons. The summed E-state index contributed by atoms with van der Waals surface area (Å²) >= 11 is 0. The highest BCUT2D eigenvalue weighted by atomic mass is 16.6. The first-order valence-corrected chi connectivity index (χ1v) is 11.5. The quantitative estimate of drug-likeness (QED) is 0.194. The summed E-state index contributed by atoms with van der Waals surface area (Å²) in [5.41, 5.74) is -0.465. The number of carboxylic acid groups (broad SMARTS) is 1. The molecule has 0 spiro atoms. The van der Waals surface area contributed by atoms with Gasteiger partial charge >= 0.3 is 26.2 Å². The van der Waals surface area contributed by atoms with Crippen LogP contribution in [-0.4, -0.2) is 82.2 Å². The van der Waals surface area contributed by atoms with Gasteiger partial charge in [0.15, 0.2) is 0 Å². The molecule has 2 aliphatic heterocycles. The average molecular weight is 474 g/mol. The fraction of sp³-hybridized carbons (Fsp3) is 0.905. The van der Waals surface area contributed by atoms with E-state index in [-0.39, 0.29) is 19.4 Å². The van der Waals surface area contributed by atoms with Gasteiger partial charge in [0.1, 0.15) is 17.7 Å². The molecule has 4 unspecified atom stereocenters. The summed E-state index contributed by atoms with van der Waals surface area (Å²) in [5, 5.41) is 49.9. The molecule has 10 nitrogen and oxygen atoms in total. The molecule has 0 saturated carbocycles. The lowest BCUT2D eigenvalue weighted by Crippen LogP contribution is -2.46. The zero-order chi connectivity index (χ0) is 24.3. The third-order valence-electron chi connectivity index (χ3n) is 5.68. The average Bonchev–Trinajstić information content (AvgIpc) is 2.70. The highest BCUT2D eigenvalue weighted by molar-refractivity contribution is 6.41. The zero-order valence-corrected chi connectivity index (χ0v) is 19.5. The van der Waals surface area contributed by atoms with Crippen molar-refractivity contribution in [2.45, 2.75) is 97.0 Å². The monoisotopic (exact) mass is 474 g/mol. The Bertz CT molecular complexity index is 575. The van der Waals surface area contributed by atoms with Crippen LogP contribution in [0.3, 0.4) is 0 Å². The third-order valence-corrected chi connectivity index (χ3v) is 5.68. The molecule has 192 valence electrons. The maximum absolute atomic E-state index is 11.9. The van der Waals surface area contributed by atoms with Crippen molar-refractivity contribution in [1.82, 2.24) is 10.6 Å². The van der Waals surface area contributed by atoms with E-state index in [9.17, 15) is 9.59 Å². The number of ether oxygens (including phenoxy) is 1. The van der Waals surface area contributed by atoms with E-state index in [4.69, 9.17) is 29.9 Å². The lowest BCUT2D eigenvalue weighted by atomic mass is 9.77. The molecule has 0 aromatic heterocycles. The second-order valence-corrected chi connectivity index (χ2v) is 9.78. The molecule has 2 saturated heterocycles. The number of carbonyl (C=O) groups excluding carboxylic acids is 1. The zero-order valence-electron chi connectivity index (χ0n) is 19.5. The number of carbonyl (C=O) groups is 2. The molecule has 0 bridgehead atoms. The lowest BCUT2D eigenvalue weighted by Gasteiger charge is -2.31. The van der Waals surface area contributed by atoms with Crippen molar-refractivity contribution in [3.8, 4) is 0 Å². The van der Waals surface area contributed by atoms with Gasteiger partial charge in [0.2, 0.25) is 0 Å². The Morgan fingerprint density at radius 2 is 1.30 bits per heavy atom. The van der Waals surface area contributed by atoms with Gasteiger partial charge in [-0.3, -0.25) is 9.59 Å². The van der Waals surface area contributed by atoms with Gasteiger partial charge in [0, 0.05) is 0 Å². The van der Waals surface area contributed by atoms with Crippen molar-refractivity contribution in [3.05, 3.63) is 0 Å². The van der Waals surface area contributed by atoms with Crippen LogP contribution in [0.1, 0.15) is 66.7 Å². The van der Waals surface area contributed by atoms with Gasteiger partial charge in [-0.15, -0.1) is 0 Å². The maximum Gasteiger partial charge on any atom is 0.451 e. The summed E-state index contributed by atoms with van der Waals surface area (Å²) in [4.78, 5) is 22.6. The van der Waals surface area contributed by atoms with Crippen LogP contribution in [0, 0.1) is 11.8 Å². The number of esters is 1. The predicted octanol–water partition coefficient (Wildman–Crippen LogP) is 0.497. The molecule has 2 aliphatic rings. The lowest BCUT2D eigenvalue weighted by molar-refractivity contribution is -0.158. The Labute approximate surface area is 198 Å². The number of carboxylic acids is 1. The Morgan fingerprint density at radius 3 is 1.70 bits per heavy atom. The van der Waals surface area contributed by atoms with Gasteiger partial charge in [-0.1, -0.05) is 20.3 Å². The smallest absolute Gasteiger partial charge is 0.451 e. The minimum atomic E-state index is -1.27. The van der Waals surface area contributed by atoms with E-state index >= 15 is 0 Å². The fourth-order valence-electron chi connectivity index (χ4n) is 4.03. The highest BCUT2D eigenvalue weighted by Crippen LogP contribution is 2.24. The van der Waals surface area contributed by atoms with Crippen LogP contribution in [-0.2, 0) is 14.3 Å². The van der Waals surface area contributed by atoms with E-state index in [1.54, 1.807) is 0 Å². The van der Waals surface area contributed by atoms with Crippen LogP contribution in [0.4, 0.5) is 0 Å². The first-order valence-electron chi connectivity index (χ1n) is 11.5. The molecule has 2 rings (SSSR count). The fourth-order valence-corrected chi connectivity index (χ4v) is 4.03. The van der Waals surface area contributed by atoms with Crippen molar-refractivity contribution in [1.29, 1.82) is 0 Å². The van der Waals surface area contributed by atoms with Crippen LogP contribution < -0.4 is 10.6 Å². The van der Waals surface area contributed by atoms with Crippen molar-refractivity contribution >= 4 is 26.2 Å². The minimum absolute atomic E-state index is 0. The first-order chi connectivity index (χ1) is 14.9. The van der Waals surface area contributed by atoms with Crippen molar-refractivity contribution in [3.63, 3.8) is 0 Å². The van der Waals surface area contributed by atoms with Crippen LogP contribution in [0.5, 0.6) is 0 Å². The predicted molar refractivity (Wildman–Crippen MR) is 128 cm³/mol. The Kier molecular flexibility index (Phi) is 15.1. The number of hydrogen-bond donors (Lipinski definition) is 7. The van der Waals surface area contributed by atoms with E-state index in [1.807, 2.05) is 20.8 Å². The molecule has 2 fully saturated rings. The van der Waals surface area contributed by atoms with E-state index in [0.29, 0.717) is 50.3 Å². The summed E-state index contributed by atoms with van der Waals surface area (Å²) in [7, 11) is -2.52. The summed E-state index contributed by atoms with van der Waals surface area (Å²) in [6.07, 6.45) is 5.29. The second-order valence-electron chi connectivity index (χ2n) is 9.78. The molecule has 2 heterocycles. The van der Waals surface area contributed by atoms with Crippen LogP contribution in [0.15, 0.2) is 0 Å². The third kappa shape index (κ3) is 14.6. The van der Waals surface area contributed by atoms with Gasteiger partial charge in [-0.25, -0.2) is 0 Å². The number of rotatable bonds is 8. The first kappa shape index (κ1) is 31.8. The summed E-state index contributed by atoms with van der Waals surface area (Å²) in [6, 6.07) is -0.733. The number of piperidine rings is 2. The molecule has 4 atom stereocenters. The molecule has 0 amide bonds. The molecule has 0 aromatic rings. The summed E-state index contributed by atoms with van der Waals surface area (Å²) in [5.74, 6) is -0.388. The molecule has 12 heteroatoms. The normalized spacial score (nSPS) is 25.1. The topological polar surface area (TPSA) is 169 Å². The van der Waals surface area contributed by atoms with Gasteiger partial charge < -0.3 is 40.6 Å². The van der Waals surface area contributed by atoms with Crippen LogP contribution in [0.25, 0.3) is 0 Å². The highest BCUT2D eigenvalue weighted by Gasteiger charge is 2.31. The van der Waals surface area contributed by atoms with E-state index in [0.717, 1.165) is 25.8 Å². The molecular weight excluding hydrogens is 430 g/mol. The minimum Gasteiger partial charge on any atom is -0.480 e. The van der Waals surface area contributed by atoms with E-state index in [1.165, 1.54) is 0 Å². The van der Waals surface area contributed by atoms with Gasteiger partial charge in [-0.05, 0) is 84.0 Å². The second kappa shape index (κ2) is 15.7. The summed E-state index contributed by atoms with van der Waals surface area (Å²) < 4.78 is 5.35.